The molecule has 3 nitrogen and oxygen atoms in total. The molecule has 96 valence electrons. The number of pyridine rings is 1. The van der Waals surface area contributed by atoms with E-state index in [1.54, 1.807) is 6.20 Å². The predicted octanol–water partition coefficient (Wildman–Crippen LogP) is 2.23. The number of rotatable bonds is 3. The van der Waals surface area contributed by atoms with E-state index in [2.05, 4.69) is 21.7 Å². The summed E-state index contributed by atoms with van der Waals surface area (Å²) in [5.74, 6) is 1.81. The van der Waals surface area contributed by atoms with Gasteiger partial charge in [-0.2, -0.15) is 0 Å². The van der Waals surface area contributed by atoms with Gasteiger partial charge < -0.3 is 10.6 Å². The van der Waals surface area contributed by atoms with E-state index in [-0.39, 0.29) is 0 Å². The molecule has 0 aromatic carbocycles. The fourth-order valence-corrected chi connectivity index (χ4v) is 3.55. The van der Waals surface area contributed by atoms with Crippen LogP contribution in [0, 0.1) is 11.8 Å². The van der Waals surface area contributed by atoms with Gasteiger partial charge in [-0.25, -0.2) is 0 Å². The Bertz CT molecular complexity index is 420. The number of hydrogen-bond donors (Lipinski definition) is 2. The molecule has 1 aromatic rings. The van der Waals surface area contributed by atoms with Crippen LogP contribution in [0.3, 0.4) is 0 Å². The summed E-state index contributed by atoms with van der Waals surface area (Å²) in [6.07, 6.45) is 9.18. The van der Waals surface area contributed by atoms with Gasteiger partial charge in [0.15, 0.2) is 5.11 Å². The smallest absolute Gasteiger partial charge is 0.166 e. The van der Waals surface area contributed by atoms with Crippen LogP contribution in [0.1, 0.15) is 31.2 Å². The first-order valence-corrected chi connectivity index (χ1v) is 7.15. The largest absolute Gasteiger partial charge is 0.360 e. The maximum atomic E-state index is 5.36. The van der Waals surface area contributed by atoms with Gasteiger partial charge in [-0.1, -0.05) is 12.5 Å². The average molecular weight is 261 g/mol. The summed E-state index contributed by atoms with van der Waals surface area (Å²) >= 11 is 5.36. The van der Waals surface area contributed by atoms with Crippen molar-refractivity contribution in [2.75, 3.05) is 0 Å². The topological polar surface area (TPSA) is 37.0 Å². The third-order valence-corrected chi connectivity index (χ3v) is 4.49. The molecule has 2 N–H and O–H groups in total. The fourth-order valence-electron chi connectivity index (χ4n) is 3.33. The third kappa shape index (κ3) is 2.64. The zero-order chi connectivity index (χ0) is 12.4. The number of thiocarbonyl (C=S) groups is 1. The van der Waals surface area contributed by atoms with E-state index in [4.69, 9.17) is 12.2 Å². The lowest BCUT2D eigenvalue weighted by Gasteiger charge is -2.24. The minimum absolute atomic E-state index is 0.609. The Hall–Kier alpha value is -1.16. The highest BCUT2D eigenvalue weighted by atomic mass is 32.1. The van der Waals surface area contributed by atoms with E-state index in [1.165, 1.54) is 25.7 Å². The van der Waals surface area contributed by atoms with Gasteiger partial charge in [0.1, 0.15) is 0 Å². The second-order valence-corrected chi connectivity index (χ2v) is 5.88. The van der Waals surface area contributed by atoms with Gasteiger partial charge in [-0.15, -0.1) is 0 Å². The van der Waals surface area contributed by atoms with Gasteiger partial charge in [0.2, 0.25) is 0 Å². The minimum Gasteiger partial charge on any atom is -0.360 e. The summed E-state index contributed by atoms with van der Waals surface area (Å²) in [5, 5.41) is 7.53. The standard InChI is InChI=1S/C14H19N3S/c18-14(16-9-11-2-1-5-15-8-11)17-13-7-10-3-4-12(13)6-10/h1-2,5,8,10,12-13H,3-4,6-7,9H2,(H2,16,17,18)/t10-,12-,13+/m1/s1. The number of nitrogens with zero attached hydrogens (tertiary/aromatic N) is 1. The van der Waals surface area contributed by atoms with Gasteiger partial charge in [-0.05, 0) is 54.9 Å². The Morgan fingerprint density at radius 2 is 2.33 bits per heavy atom. The summed E-state index contributed by atoms with van der Waals surface area (Å²) in [6.45, 7) is 0.750. The molecule has 1 heterocycles. The van der Waals surface area contributed by atoms with E-state index in [0.717, 1.165) is 29.1 Å². The molecule has 2 fully saturated rings. The van der Waals surface area contributed by atoms with Crippen molar-refractivity contribution in [1.29, 1.82) is 0 Å². The van der Waals surface area contributed by atoms with Gasteiger partial charge >= 0.3 is 0 Å². The third-order valence-electron chi connectivity index (χ3n) is 4.23. The van der Waals surface area contributed by atoms with E-state index in [9.17, 15) is 0 Å². The molecule has 2 bridgehead atoms. The fraction of sp³-hybridized carbons (Fsp3) is 0.571. The SMILES string of the molecule is S=C(NCc1cccnc1)N[C@H]1C[C@@H]2CC[C@@H]1C2. The van der Waals surface area contributed by atoms with Crippen LogP contribution >= 0.6 is 12.2 Å². The second kappa shape index (κ2) is 5.22. The average Bonchev–Trinajstić information content (AvgIpc) is 3.00. The van der Waals surface area contributed by atoms with Crippen molar-refractivity contribution in [2.24, 2.45) is 11.8 Å². The van der Waals surface area contributed by atoms with Crippen LogP contribution in [-0.4, -0.2) is 16.1 Å². The van der Waals surface area contributed by atoms with Crippen molar-refractivity contribution < 1.29 is 0 Å². The van der Waals surface area contributed by atoms with Gasteiger partial charge in [0, 0.05) is 25.0 Å². The molecule has 0 radical (unpaired) electrons. The highest BCUT2D eigenvalue weighted by molar-refractivity contribution is 7.80. The Labute approximate surface area is 113 Å². The molecule has 0 unspecified atom stereocenters. The Balaban J connectivity index is 1.45. The first-order chi connectivity index (χ1) is 8.81. The molecular weight excluding hydrogens is 242 g/mol. The van der Waals surface area contributed by atoms with Crippen molar-refractivity contribution in [3.05, 3.63) is 30.1 Å². The molecule has 0 saturated heterocycles. The van der Waals surface area contributed by atoms with Crippen LogP contribution in [0.2, 0.25) is 0 Å². The van der Waals surface area contributed by atoms with E-state index in [1.807, 2.05) is 12.3 Å². The van der Waals surface area contributed by atoms with E-state index >= 15 is 0 Å². The second-order valence-electron chi connectivity index (χ2n) is 5.47. The molecule has 2 aliphatic carbocycles. The summed E-state index contributed by atoms with van der Waals surface area (Å²) in [6, 6.07) is 4.61. The number of aromatic nitrogens is 1. The monoisotopic (exact) mass is 261 g/mol. The normalized spacial score (nSPS) is 29.2. The van der Waals surface area contributed by atoms with Crippen LogP contribution in [0.5, 0.6) is 0 Å². The lowest BCUT2D eigenvalue weighted by molar-refractivity contribution is 0.389. The van der Waals surface area contributed by atoms with Crippen LogP contribution in [-0.2, 0) is 6.54 Å². The zero-order valence-electron chi connectivity index (χ0n) is 10.4. The van der Waals surface area contributed by atoms with Crippen molar-refractivity contribution in [2.45, 2.75) is 38.3 Å². The van der Waals surface area contributed by atoms with Crippen LogP contribution in [0.25, 0.3) is 0 Å². The van der Waals surface area contributed by atoms with Gasteiger partial charge in [0.05, 0.1) is 0 Å². The maximum Gasteiger partial charge on any atom is 0.166 e. The van der Waals surface area contributed by atoms with Crippen LogP contribution < -0.4 is 10.6 Å². The first kappa shape index (κ1) is 11.9. The lowest BCUT2D eigenvalue weighted by atomic mass is 9.96. The first-order valence-electron chi connectivity index (χ1n) is 6.74. The Morgan fingerprint density at radius 1 is 1.39 bits per heavy atom. The van der Waals surface area contributed by atoms with Gasteiger partial charge in [0.25, 0.3) is 0 Å². The highest BCUT2D eigenvalue weighted by Gasteiger charge is 2.39. The molecule has 0 amide bonds. The highest BCUT2D eigenvalue weighted by Crippen LogP contribution is 2.44. The number of fused-ring (bicyclic) bond motifs is 2. The number of hydrogen-bond acceptors (Lipinski definition) is 2. The molecule has 0 aliphatic heterocycles. The van der Waals surface area contributed by atoms with E-state index in [0.29, 0.717) is 6.04 Å². The minimum atomic E-state index is 0.609. The quantitative estimate of drug-likeness (QED) is 0.818. The van der Waals surface area contributed by atoms with Crippen molar-refractivity contribution >= 4 is 17.3 Å². The van der Waals surface area contributed by atoms with E-state index < -0.39 is 0 Å². The Kier molecular flexibility index (Phi) is 3.46. The van der Waals surface area contributed by atoms with Crippen molar-refractivity contribution in [3.63, 3.8) is 0 Å². The van der Waals surface area contributed by atoms with Crippen LogP contribution in [0.15, 0.2) is 24.5 Å². The zero-order valence-corrected chi connectivity index (χ0v) is 11.2. The van der Waals surface area contributed by atoms with Gasteiger partial charge in [-0.3, -0.25) is 4.98 Å². The Morgan fingerprint density at radius 3 is 3.00 bits per heavy atom. The van der Waals surface area contributed by atoms with Crippen molar-refractivity contribution in [3.8, 4) is 0 Å². The lowest BCUT2D eigenvalue weighted by Crippen LogP contribution is -2.43. The maximum absolute atomic E-state index is 5.36. The molecule has 2 aliphatic rings. The van der Waals surface area contributed by atoms with Crippen LogP contribution in [0.4, 0.5) is 0 Å². The molecule has 0 spiro atoms. The molecule has 2 saturated carbocycles. The molecule has 3 atom stereocenters. The summed E-state index contributed by atoms with van der Waals surface area (Å²) in [5.41, 5.74) is 1.16. The molecule has 1 aromatic heterocycles. The van der Waals surface area contributed by atoms with Crippen molar-refractivity contribution in [1.82, 2.24) is 15.6 Å². The molecule has 18 heavy (non-hydrogen) atoms. The molecule has 3 rings (SSSR count). The predicted molar refractivity (Wildman–Crippen MR) is 76.0 cm³/mol. The molecular formula is C14H19N3S. The summed E-state index contributed by atoms with van der Waals surface area (Å²) < 4.78 is 0. The summed E-state index contributed by atoms with van der Waals surface area (Å²) in [4.78, 5) is 4.09. The number of nitrogens with one attached hydrogen (secondary N) is 2. The summed E-state index contributed by atoms with van der Waals surface area (Å²) in [7, 11) is 0. The molecule has 4 heteroatoms.